The molecule has 0 radical (unpaired) electrons. The summed E-state index contributed by atoms with van der Waals surface area (Å²) in [5, 5.41) is 11.0. The summed E-state index contributed by atoms with van der Waals surface area (Å²) in [5.74, 6) is 1.74. The van der Waals surface area contributed by atoms with Gasteiger partial charge in [0.05, 0.1) is 4.92 Å². The van der Waals surface area contributed by atoms with Crippen LogP contribution in [0, 0.1) is 22.0 Å². The first-order chi connectivity index (χ1) is 7.99. The number of nitrogens with two attached hydrogens (primary N) is 1. The monoisotopic (exact) mass is 236 g/mol. The average molecular weight is 236 g/mol. The largest absolute Gasteiger partial charge is 0.384 e. The summed E-state index contributed by atoms with van der Waals surface area (Å²) in [6.07, 6.45) is 0. The lowest BCUT2D eigenvalue weighted by Crippen LogP contribution is -2.22. The van der Waals surface area contributed by atoms with Crippen LogP contribution in [0.3, 0.4) is 0 Å². The second-order valence-electron chi connectivity index (χ2n) is 4.70. The molecule has 0 aromatic carbocycles. The van der Waals surface area contributed by atoms with E-state index in [4.69, 9.17) is 5.73 Å². The lowest BCUT2D eigenvalue weighted by Gasteiger charge is -2.17. The lowest BCUT2D eigenvalue weighted by molar-refractivity contribution is -0.384. The molecule has 2 rings (SSSR count). The zero-order chi connectivity index (χ0) is 12.6. The van der Waals surface area contributed by atoms with E-state index in [1.807, 2.05) is 4.90 Å². The summed E-state index contributed by atoms with van der Waals surface area (Å²) in [5.41, 5.74) is 5.63. The predicted octanol–water partition coefficient (Wildman–Crippen LogP) is 1.66. The molecule has 2 atom stereocenters. The Morgan fingerprint density at radius 2 is 2.00 bits per heavy atom. The Balaban J connectivity index is 2.37. The highest BCUT2D eigenvalue weighted by Gasteiger charge is 2.31. The molecule has 2 unspecified atom stereocenters. The van der Waals surface area contributed by atoms with Crippen molar-refractivity contribution in [2.24, 2.45) is 11.8 Å². The summed E-state index contributed by atoms with van der Waals surface area (Å²) in [6.45, 7) is 5.86. The van der Waals surface area contributed by atoms with Crippen molar-refractivity contribution >= 4 is 17.3 Å². The van der Waals surface area contributed by atoms with Crippen LogP contribution in [-0.2, 0) is 0 Å². The van der Waals surface area contributed by atoms with E-state index in [1.165, 1.54) is 12.1 Å². The zero-order valence-electron chi connectivity index (χ0n) is 9.96. The van der Waals surface area contributed by atoms with Crippen molar-refractivity contribution in [2.75, 3.05) is 23.7 Å². The summed E-state index contributed by atoms with van der Waals surface area (Å²) in [6, 6.07) is 2.88. The first kappa shape index (κ1) is 11.6. The highest BCUT2D eigenvalue weighted by molar-refractivity contribution is 5.61. The molecule has 1 aliphatic heterocycles. The molecule has 6 heteroatoms. The van der Waals surface area contributed by atoms with Crippen molar-refractivity contribution < 1.29 is 4.92 Å². The van der Waals surface area contributed by atoms with E-state index in [0.29, 0.717) is 23.5 Å². The topological polar surface area (TPSA) is 85.3 Å². The molecule has 17 heavy (non-hydrogen) atoms. The molecule has 0 bridgehead atoms. The maximum absolute atomic E-state index is 11.0. The third kappa shape index (κ3) is 2.15. The summed E-state index contributed by atoms with van der Waals surface area (Å²) < 4.78 is 0. The Labute approximate surface area is 99.6 Å². The van der Waals surface area contributed by atoms with Crippen molar-refractivity contribution in [2.45, 2.75) is 13.8 Å². The maximum Gasteiger partial charge on any atom is 0.311 e. The van der Waals surface area contributed by atoms with Crippen molar-refractivity contribution in [3.05, 3.63) is 22.2 Å². The van der Waals surface area contributed by atoms with Crippen LogP contribution in [0.2, 0.25) is 0 Å². The molecule has 92 valence electrons. The molecular formula is C11H16N4O2. The Bertz CT molecular complexity index is 439. The number of rotatable bonds is 2. The fraction of sp³-hybridized carbons (Fsp3) is 0.545. The Kier molecular flexibility index (Phi) is 2.87. The Hall–Kier alpha value is -1.85. The first-order valence-electron chi connectivity index (χ1n) is 5.65. The second kappa shape index (κ2) is 4.20. The van der Waals surface area contributed by atoms with Crippen molar-refractivity contribution in [1.82, 2.24) is 4.98 Å². The molecule has 2 N–H and O–H groups in total. The molecule has 0 spiro atoms. The third-order valence-corrected chi connectivity index (χ3v) is 3.36. The van der Waals surface area contributed by atoms with E-state index in [-0.39, 0.29) is 5.69 Å². The molecule has 2 heterocycles. The fourth-order valence-electron chi connectivity index (χ4n) is 2.13. The van der Waals surface area contributed by atoms with E-state index >= 15 is 0 Å². The number of nitrogen functional groups attached to an aromatic ring is 1. The first-order valence-corrected chi connectivity index (χ1v) is 5.65. The molecular weight excluding hydrogens is 220 g/mol. The van der Waals surface area contributed by atoms with Crippen LogP contribution >= 0.6 is 0 Å². The molecule has 1 aromatic heterocycles. The van der Waals surface area contributed by atoms with Gasteiger partial charge in [0.1, 0.15) is 5.82 Å². The number of anilines is 2. The highest BCUT2D eigenvalue weighted by atomic mass is 16.6. The minimum Gasteiger partial charge on any atom is -0.384 e. The molecule has 1 saturated heterocycles. The van der Waals surface area contributed by atoms with E-state index in [1.54, 1.807) is 0 Å². The van der Waals surface area contributed by atoms with Gasteiger partial charge in [-0.3, -0.25) is 10.1 Å². The van der Waals surface area contributed by atoms with Crippen LogP contribution in [0.15, 0.2) is 12.1 Å². The Morgan fingerprint density at radius 1 is 1.41 bits per heavy atom. The van der Waals surface area contributed by atoms with E-state index in [2.05, 4.69) is 18.8 Å². The quantitative estimate of drug-likeness (QED) is 0.623. The van der Waals surface area contributed by atoms with Gasteiger partial charge in [-0.15, -0.1) is 0 Å². The molecule has 1 fully saturated rings. The third-order valence-electron chi connectivity index (χ3n) is 3.36. The number of pyridine rings is 1. The predicted molar refractivity (Wildman–Crippen MR) is 65.8 cm³/mol. The van der Waals surface area contributed by atoms with Crippen LogP contribution in [0.4, 0.5) is 17.3 Å². The average Bonchev–Trinajstić information content (AvgIpc) is 2.58. The molecule has 1 aromatic rings. The van der Waals surface area contributed by atoms with Gasteiger partial charge in [-0.05, 0) is 17.9 Å². The minimum atomic E-state index is -0.407. The van der Waals surface area contributed by atoms with Gasteiger partial charge in [-0.25, -0.2) is 4.98 Å². The lowest BCUT2D eigenvalue weighted by atomic mass is 10.0. The molecule has 6 nitrogen and oxygen atoms in total. The van der Waals surface area contributed by atoms with Gasteiger partial charge in [-0.2, -0.15) is 0 Å². The van der Waals surface area contributed by atoms with E-state index < -0.39 is 4.92 Å². The number of nitro groups is 1. The van der Waals surface area contributed by atoms with Crippen molar-refractivity contribution in [3.63, 3.8) is 0 Å². The zero-order valence-corrected chi connectivity index (χ0v) is 9.96. The summed E-state index contributed by atoms with van der Waals surface area (Å²) in [7, 11) is 0. The standard InChI is InChI=1S/C11H16N4O2/c1-7-5-14(6-8(7)2)11-9(15(16)17)3-4-10(12)13-11/h3-4,7-8H,5-6H2,1-2H3,(H2,12,13). The highest BCUT2D eigenvalue weighted by Crippen LogP contribution is 2.33. The van der Waals surface area contributed by atoms with Crippen LogP contribution in [0.5, 0.6) is 0 Å². The minimum absolute atomic E-state index is 0.0282. The summed E-state index contributed by atoms with van der Waals surface area (Å²) in [4.78, 5) is 16.6. The number of nitrogens with zero attached hydrogens (tertiary/aromatic N) is 3. The van der Waals surface area contributed by atoms with Gasteiger partial charge in [0.15, 0.2) is 0 Å². The van der Waals surface area contributed by atoms with Crippen molar-refractivity contribution in [1.29, 1.82) is 0 Å². The van der Waals surface area contributed by atoms with Gasteiger partial charge in [-0.1, -0.05) is 13.8 Å². The molecule has 0 amide bonds. The SMILES string of the molecule is CC1CN(c2nc(N)ccc2[N+](=O)[O-])CC1C. The van der Waals surface area contributed by atoms with Crippen LogP contribution in [-0.4, -0.2) is 23.0 Å². The number of hydrogen-bond donors (Lipinski definition) is 1. The van der Waals surface area contributed by atoms with Crippen LogP contribution in [0.1, 0.15) is 13.8 Å². The molecule has 0 aliphatic carbocycles. The molecule has 0 saturated carbocycles. The fourth-order valence-corrected chi connectivity index (χ4v) is 2.13. The van der Waals surface area contributed by atoms with Crippen LogP contribution in [0.25, 0.3) is 0 Å². The van der Waals surface area contributed by atoms with E-state index in [9.17, 15) is 10.1 Å². The summed E-state index contributed by atoms with van der Waals surface area (Å²) >= 11 is 0. The smallest absolute Gasteiger partial charge is 0.311 e. The Morgan fingerprint density at radius 3 is 2.53 bits per heavy atom. The molecule has 1 aliphatic rings. The van der Waals surface area contributed by atoms with Gasteiger partial charge >= 0.3 is 5.69 Å². The van der Waals surface area contributed by atoms with Gasteiger partial charge < -0.3 is 10.6 Å². The van der Waals surface area contributed by atoms with Gasteiger partial charge in [0.2, 0.25) is 5.82 Å². The van der Waals surface area contributed by atoms with E-state index in [0.717, 1.165) is 13.1 Å². The number of aromatic nitrogens is 1. The number of hydrogen-bond acceptors (Lipinski definition) is 5. The van der Waals surface area contributed by atoms with Crippen molar-refractivity contribution in [3.8, 4) is 0 Å². The second-order valence-corrected chi connectivity index (χ2v) is 4.70. The maximum atomic E-state index is 11.0. The van der Waals surface area contributed by atoms with Gasteiger partial charge in [0, 0.05) is 19.2 Å². The van der Waals surface area contributed by atoms with Gasteiger partial charge in [0.25, 0.3) is 0 Å². The van der Waals surface area contributed by atoms with Crippen LogP contribution < -0.4 is 10.6 Å². The normalized spacial score (nSPS) is 24.0.